The molecule has 0 fully saturated rings. The summed E-state index contributed by atoms with van der Waals surface area (Å²) in [7, 11) is 1.70. The molecule has 0 N–H and O–H groups in total. The van der Waals surface area contributed by atoms with Crippen LogP contribution in [0.4, 0.5) is 0 Å². The molecule has 0 amide bonds. The zero-order valence-electron chi connectivity index (χ0n) is 11.5. The molecule has 0 saturated heterocycles. The third-order valence-corrected chi connectivity index (χ3v) is 5.52. The summed E-state index contributed by atoms with van der Waals surface area (Å²) in [4.78, 5) is 0. The van der Waals surface area contributed by atoms with Gasteiger partial charge >= 0.3 is 125 Å². The predicted octanol–water partition coefficient (Wildman–Crippen LogP) is 3.00. The number of nitrogens with zero attached hydrogens (tertiary/aromatic N) is 1. The Kier molecular flexibility index (Phi) is 3.72. The molecule has 0 atom stereocenters. The number of methoxy groups -OCH3 is 1. The Morgan fingerprint density at radius 3 is 2.25 bits per heavy atom. The normalized spacial score (nSPS) is 10.5. The van der Waals surface area contributed by atoms with E-state index in [0.29, 0.717) is 14.7 Å². The van der Waals surface area contributed by atoms with E-state index in [0.717, 1.165) is 5.75 Å². The molecule has 0 aliphatic rings. The third kappa shape index (κ3) is 2.69. The molecule has 3 heteroatoms. The van der Waals surface area contributed by atoms with E-state index in [9.17, 15) is 0 Å². The van der Waals surface area contributed by atoms with Gasteiger partial charge in [0.25, 0.3) is 0 Å². The van der Waals surface area contributed by atoms with E-state index in [1.165, 1.54) is 21.3 Å². The average molecular weight is 329 g/mol. The zero-order chi connectivity index (χ0) is 13.9. The number of hydrogen-bond donors (Lipinski definition) is 0. The molecule has 20 heavy (non-hydrogen) atoms. The molecule has 3 aromatic rings. The molecule has 0 saturated carbocycles. The van der Waals surface area contributed by atoms with Gasteiger partial charge in [-0.05, 0) is 0 Å². The van der Waals surface area contributed by atoms with Crippen molar-refractivity contribution >= 4 is 14.7 Å². The molecule has 0 aliphatic carbocycles. The molecule has 3 rings (SSSR count). The quantitative estimate of drug-likeness (QED) is 0.673. The van der Waals surface area contributed by atoms with Gasteiger partial charge in [-0.1, -0.05) is 0 Å². The summed E-state index contributed by atoms with van der Waals surface area (Å²) in [6, 6.07) is 19.2. The molecule has 0 spiro atoms. The summed E-state index contributed by atoms with van der Waals surface area (Å²) >= 11 is 0.295. The van der Waals surface area contributed by atoms with Gasteiger partial charge in [0, 0.05) is 0 Å². The Labute approximate surface area is 125 Å². The summed E-state index contributed by atoms with van der Waals surface area (Å²) in [5, 5.41) is 0. The second-order valence-corrected chi connectivity index (χ2v) is 6.79. The van der Waals surface area contributed by atoms with Gasteiger partial charge in [0.1, 0.15) is 0 Å². The van der Waals surface area contributed by atoms with Crippen molar-refractivity contribution in [2.45, 2.75) is 6.92 Å². The van der Waals surface area contributed by atoms with Crippen LogP contribution in [0.5, 0.6) is 5.75 Å². The number of benzene rings is 2. The van der Waals surface area contributed by atoms with E-state index in [1.807, 2.05) is 12.1 Å². The molecule has 1 aromatic heterocycles. The molecule has 2 aromatic carbocycles. The van der Waals surface area contributed by atoms with E-state index >= 15 is 0 Å². The van der Waals surface area contributed by atoms with Crippen LogP contribution in [-0.2, 0) is 0 Å². The fraction of sp³-hybridized carbons (Fsp3) is 0.118. The molecular weight excluding hydrogens is 313 g/mol. The van der Waals surface area contributed by atoms with E-state index in [-0.39, 0.29) is 0 Å². The van der Waals surface area contributed by atoms with Crippen molar-refractivity contribution in [2.75, 3.05) is 7.11 Å². The molecular formula is C17H16NOSe+. The molecule has 0 bridgehead atoms. The summed E-state index contributed by atoms with van der Waals surface area (Å²) in [5.74, 6) is 0.902. The fourth-order valence-electron chi connectivity index (χ4n) is 2.04. The van der Waals surface area contributed by atoms with Crippen LogP contribution in [0, 0.1) is 6.92 Å². The molecule has 2 nitrogen and oxygen atoms in total. The van der Waals surface area contributed by atoms with Crippen LogP contribution in [0.3, 0.4) is 0 Å². The minimum atomic E-state index is 0.295. The Hall–Kier alpha value is -1.83. The van der Waals surface area contributed by atoms with Gasteiger partial charge in [-0.2, -0.15) is 0 Å². The van der Waals surface area contributed by atoms with Gasteiger partial charge < -0.3 is 0 Å². The summed E-state index contributed by atoms with van der Waals surface area (Å²) in [6.45, 7) is 2.11. The fourth-order valence-corrected chi connectivity index (χ4v) is 3.98. The first-order chi connectivity index (χ1) is 9.76. The summed E-state index contributed by atoms with van der Waals surface area (Å²) in [6.07, 6.45) is 2.17. The number of hydrogen-bond acceptors (Lipinski definition) is 1. The Bertz CT molecular complexity index is 699. The average Bonchev–Trinajstić information content (AvgIpc) is 2.98. The van der Waals surface area contributed by atoms with Gasteiger partial charge in [-0.15, -0.1) is 0 Å². The predicted molar refractivity (Wildman–Crippen MR) is 81.6 cm³/mol. The van der Waals surface area contributed by atoms with Crippen LogP contribution in [0.2, 0.25) is 0 Å². The summed E-state index contributed by atoms with van der Waals surface area (Å²) < 4.78 is 8.92. The number of rotatable bonds is 3. The summed E-state index contributed by atoms with van der Waals surface area (Å²) in [5.41, 5.74) is 3.83. The monoisotopic (exact) mass is 330 g/mol. The van der Waals surface area contributed by atoms with Crippen molar-refractivity contribution < 1.29 is 8.30 Å². The van der Waals surface area contributed by atoms with Crippen LogP contribution in [0.1, 0.15) is 5.56 Å². The van der Waals surface area contributed by atoms with Crippen LogP contribution in [-0.4, -0.2) is 21.8 Å². The van der Waals surface area contributed by atoms with Crippen molar-refractivity contribution in [3.63, 3.8) is 0 Å². The van der Waals surface area contributed by atoms with Crippen LogP contribution in [0.15, 0.2) is 60.8 Å². The van der Waals surface area contributed by atoms with Gasteiger partial charge in [0.2, 0.25) is 0 Å². The van der Waals surface area contributed by atoms with Crippen molar-refractivity contribution in [1.29, 1.82) is 0 Å². The molecule has 0 unspecified atom stereocenters. The second kappa shape index (κ2) is 5.66. The van der Waals surface area contributed by atoms with E-state index in [1.54, 1.807) is 7.11 Å². The topological polar surface area (TPSA) is 13.1 Å². The minimum absolute atomic E-state index is 0.295. The van der Waals surface area contributed by atoms with Crippen molar-refractivity contribution in [3.05, 3.63) is 66.4 Å². The van der Waals surface area contributed by atoms with Gasteiger partial charge in [0.05, 0.1) is 0 Å². The maximum absolute atomic E-state index is 5.20. The standard InChI is InChI=1S/C17H16NOSe/c1-13-3-7-15(8-4-13)18-12-11-17(20-18)14-5-9-16(19-2)10-6-14/h3-12H,1-2H3/q+1. The second-order valence-electron chi connectivity index (χ2n) is 4.66. The van der Waals surface area contributed by atoms with E-state index in [2.05, 4.69) is 59.1 Å². The number of aromatic nitrogens is 1. The van der Waals surface area contributed by atoms with Crippen molar-refractivity contribution in [1.82, 2.24) is 0 Å². The van der Waals surface area contributed by atoms with Gasteiger partial charge in [-0.3, -0.25) is 0 Å². The molecule has 0 aliphatic heterocycles. The zero-order valence-corrected chi connectivity index (χ0v) is 13.3. The first kappa shape index (κ1) is 13.2. The van der Waals surface area contributed by atoms with Gasteiger partial charge in [-0.25, -0.2) is 0 Å². The van der Waals surface area contributed by atoms with E-state index < -0.39 is 0 Å². The first-order valence-corrected chi connectivity index (χ1v) is 8.12. The SMILES string of the molecule is COc1ccc(-c2cc[n+](-c3ccc(C)cc3)[se]2)cc1. The molecule has 0 radical (unpaired) electrons. The molecule has 100 valence electrons. The number of aryl methyl sites for hydroxylation is 1. The Morgan fingerprint density at radius 1 is 0.900 bits per heavy atom. The Balaban J connectivity index is 1.91. The third-order valence-electron chi connectivity index (χ3n) is 3.22. The van der Waals surface area contributed by atoms with Crippen LogP contribution in [0.25, 0.3) is 15.7 Å². The molecule has 1 heterocycles. The number of ether oxygens (including phenoxy) is 1. The maximum atomic E-state index is 5.20. The van der Waals surface area contributed by atoms with Crippen LogP contribution < -0.4 is 8.30 Å². The van der Waals surface area contributed by atoms with Gasteiger partial charge in [0.15, 0.2) is 0 Å². The van der Waals surface area contributed by atoms with Crippen molar-refractivity contribution in [2.24, 2.45) is 0 Å². The Morgan fingerprint density at radius 2 is 1.60 bits per heavy atom. The van der Waals surface area contributed by atoms with E-state index in [4.69, 9.17) is 4.74 Å². The van der Waals surface area contributed by atoms with Crippen molar-refractivity contribution in [3.8, 4) is 21.4 Å². The first-order valence-electron chi connectivity index (χ1n) is 6.50. The van der Waals surface area contributed by atoms with Crippen LogP contribution >= 0.6 is 0 Å².